The molecule has 3 N–H and O–H groups in total. The highest BCUT2D eigenvalue weighted by Crippen LogP contribution is 2.17. The van der Waals surface area contributed by atoms with Gasteiger partial charge in [-0.25, -0.2) is 0 Å². The fraction of sp³-hybridized carbons (Fsp3) is 0.774. The van der Waals surface area contributed by atoms with Gasteiger partial charge in [0.2, 0.25) is 5.91 Å². The maximum Gasteiger partial charge on any atom is 0.306 e. The van der Waals surface area contributed by atoms with Crippen molar-refractivity contribution < 1.29 is 24.5 Å². The molecule has 6 heteroatoms. The normalized spacial score (nSPS) is 13.8. The van der Waals surface area contributed by atoms with Crippen molar-refractivity contribution in [2.24, 2.45) is 0 Å². The van der Waals surface area contributed by atoms with E-state index in [9.17, 15) is 19.8 Å². The van der Waals surface area contributed by atoms with Crippen molar-refractivity contribution >= 4 is 11.9 Å². The van der Waals surface area contributed by atoms with Gasteiger partial charge in [0.25, 0.3) is 0 Å². The second-order valence-corrected chi connectivity index (χ2v) is 16.9. The molecular formula is C53H95NO5. The highest BCUT2D eigenvalue weighted by Gasteiger charge is 2.24. The van der Waals surface area contributed by atoms with Crippen molar-refractivity contribution in [1.29, 1.82) is 0 Å². The first kappa shape index (κ1) is 56.6. The first-order valence-electron chi connectivity index (χ1n) is 25.0. The Morgan fingerprint density at radius 1 is 0.492 bits per heavy atom. The first-order valence-corrected chi connectivity index (χ1v) is 25.0. The molecule has 0 radical (unpaired) electrons. The van der Waals surface area contributed by atoms with Crippen molar-refractivity contribution in [1.82, 2.24) is 5.32 Å². The Balaban J connectivity index is 4.54. The van der Waals surface area contributed by atoms with E-state index in [1.807, 2.05) is 0 Å². The largest absolute Gasteiger partial charge is 0.462 e. The van der Waals surface area contributed by atoms with Gasteiger partial charge in [0.15, 0.2) is 0 Å². The molecule has 0 aromatic rings. The van der Waals surface area contributed by atoms with Gasteiger partial charge in [0, 0.05) is 6.42 Å². The number of carbonyl (C=O) groups is 2. The van der Waals surface area contributed by atoms with Gasteiger partial charge >= 0.3 is 5.97 Å². The SMILES string of the molecule is CCCC/C=C\CCCCCC(CC(=O)NC(CO)C(O)CCCCCCCCCCCCCC)OC(=O)CCCCC/C=C\C/C=C\C/C=C\C/C=C\CCCCC. The number of hydrogen-bond acceptors (Lipinski definition) is 5. The van der Waals surface area contributed by atoms with Crippen molar-refractivity contribution in [2.75, 3.05) is 6.61 Å². The van der Waals surface area contributed by atoms with Crippen LogP contribution in [0.25, 0.3) is 0 Å². The molecule has 0 rings (SSSR count). The molecule has 0 aromatic carbocycles. The number of allylic oxidation sites excluding steroid dienone is 10. The Hall–Kier alpha value is -2.44. The topological polar surface area (TPSA) is 95.9 Å². The first-order chi connectivity index (χ1) is 29.0. The number of aliphatic hydroxyl groups is 2. The van der Waals surface area contributed by atoms with Gasteiger partial charge in [-0.3, -0.25) is 9.59 Å². The summed E-state index contributed by atoms with van der Waals surface area (Å²) in [4.78, 5) is 26.0. The molecule has 6 nitrogen and oxygen atoms in total. The molecule has 0 spiro atoms. The Kier molecular flexibility index (Phi) is 44.7. The van der Waals surface area contributed by atoms with Gasteiger partial charge < -0.3 is 20.3 Å². The van der Waals surface area contributed by atoms with Crippen molar-refractivity contribution in [2.45, 2.75) is 257 Å². The van der Waals surface area contributed by atoms with Crippen molar-refractivity contribution in [3.05, 3.63) is 60.8 Å². The maximum atomic E-state index is 13.1. The number of ether oxygens (including phenoxy) is 1. The highest BCUT2D eigenvalue weighted by atomic mass is 16.5. The lowest BCUT2D eigenvalue weighted by Gasteiger charge is -2.24. The van der Waals surface area contributed by atoms with Crippen molar-refractivity contribution in [3.8, 4) is 0 Å². The van der Waals surface area contributed by atoms with E-state index in [0.717, 1.165) is 96.3 Å². The zero-order valence-corrected chi connectivity index (χ0v) is 38.9. The van der Waals surface area contributed by atoms with Crippen LogP contribution in [0.5, 0.6) is 0 Å². The van der Waals surface area contributed by atoms with Crippen LogP contribution in [0.3, 0.4) is 0 Å². The minimum absolute atomic E-state index is 0.0521. The molecule has 0 aliphatic carbocycles. The number of amides is 1. The second kappa shape index (κ2) is 46.6. The van der Waals surface area contributed by atoms with Crippen LogP contribution in [0.1, 0.15) is 239 Å². The summed E-state index contributed by atoms with van der Waals surface area (Å²) in [6.07, 6.45) is 57.1. The third-order valence-electron chi connectivity index (χ3n) is 11.1. The van der Waals surface area contributed by atoms with E-state index >= 15 is 0 Å². The van der Waals surface area contributed by atoms with Gasteiger partial charge in [-0.05, 0) is 89.9 Å². The van der Waals surface area contributed by atoms with E-state index in [4.69, 9.17) is 4.74 Å². The number of aliphatic hydroxyl groups excluding tert-OH is 2. The van der Waals surface area contributed by atoms with Crippen LogP contribution in [-0.2, 0) is 14.3 Å². The molecule has 342 valence electrons. The van der Waals surface area contributed by atoms with E-state index < -0.39 is 18.2 Å². The number of unbranched alkanes of at least 4 members (excludes halogenated alkanes) is 22. The number of hydrogen-bond donors (Lipinski definition) is 3. The molecule has 0 heterocycles. The lowest BCUT2D eigenvalue weighted by atomic mass is 10.0. The fourth-order valence-electron chi connectivity index (χ4n) is 7.22. The second-order valence-electron chi connectivity index (χ2n) is 16.9. The molecule has 0 bridgehead atoms. The van der Waals surface area contributed by atoms with Crippen LogP contribution >= 0.6 is 0 Å². The highest BCUT2D eigenvalue weighted by molar-refractivity contribution is 5.77. The molecule has 0 saturated carbocycles. The molecule has 59 heavy (non-hydrogen) atoms. The number of rotatable bonds is 44. The minimum atomic E-state index is -0.797. The molecular weight excluding hydrogens is 731 g/mol. The minimum Gasteiger partial charge on any atom is -0.462 e. The summed E-state index contributed by atoms with van der Waals surface area (Å²) in [5, 5.41) is 23.7. The average molecular weight is 826 g/mol. The maximum absolute atomic E-state index is 13.1. The Morgan fingerprint density at radius 2 is 0.881 bits per heavy atom. The molecule has 1 amide bonds. The monoisotopic (exact) mass is 826 g/mol. The van der Waals surface area contributed by atoms with Crippen molar-refractivity contribution in [3.63, 3.8) is 0 Å². The van der Waals surface area contributed by atoms with Crippen LogP contribution in [-0.4, -0.2) is 46.9 Å². The number of carbonyl (C=O) groups excluding carboxylic acids is 2. The van der Waals surface area contributed by atoms with Crippen LogP contribution in [0, 0.1) is 0 Å². The predicted molar refractivity (Wildman–Crippen MR) is 255 cm³/mol. The van der Waals surface area contributed by atoms with Crippen LogP contribution < -0.4 is 5.32 Å². The summed E-state index contributed by atoms with van der Waals surface area (Å²) in [7, 11) is 0. The predicted octanol–water partition coefficient (Wildman–Crippen LogP) is 14.8. The van der Waals surface area contributed by atoms with E-state index in [0.29, 0.717) is 19.3 Å². The van der Waals surface area contributed by atoms with Gasteiger partial charge in [0.1, 0.15) is 6.10 Å². The van der Waals surface area contributed by atoms with Gasteiger partial charge in [-0.15, -0.1) is 0 Å². The standard InChI is InChI=1S/C53H95NO5/c1-4-7-10-13-16-19-21-23-24-25-26-27-28-29-31-34-37-40-43-46-53(58)59-49(44-41-38-35-32-18-15-12-9-6-3)47-52(57)54-50(48-55)51(56)45-42-39-36-33-30-22-20-17-14-11-8-5-2/h15-16,18-19,23-24,26-27,29,31,49-51,55-56H,4-14,17,20-22,25,28,30,32-48H2,1-3H3,(H,54,57)/b18-15-,19-16-,24-23-,27-26-,31-29-. The lowest BCUT2D eigenvalue weighted by molar-refractivity contribution is -0.151. The number of esters is 1. The fourth-order valence-corrected chi connectivity index (χ4v) is 7.22. The summed E-state index contributed by atoms with van der Waals surface area (Å²) >= 11 is 0. The number of nitrogens with one attached hydrogen (secondary N) is 1. The molecule has 3 unspecified atom stereocenters. The van der Waals surface area contributed by atoms with Crippen LogP contribution in [0.4, 0.5) is 0 Å². The summed E-state index contributed by atoms with van der Waals surface area (Å²) in [5.74, 6) is -0.529. The van der Waals surface area contributed by atoms with Gasteiger partial charge in [0.05, 0.1) is 25.2 Å². The smallest absolute Gasteiger partial charge is 0.306 e. The zero-order valence-electron chi connectivity index (χ0n) is 38.9. The summed E-state index contributed by atoms with van der Waals surface area (Å²) < 4.78 is 5.89. The van der Waals surface area contributed by atoms with E-state index in [2.05, 4.69) is 86.8 Å². The Morgan fingerprint density at radius 3 is 1.41 bits per heavy atom. The molecule has 3 atom stereocenters. The molecule has 0 aromatic heterocycles. The van der Waals surface area contributed by atoms with E-state index in [1.165, 1.54) is 96.3 Å². The molecule has 0 fully saturated rings. The van der Waals surface area contributed by atoms with Crippen LogP contribution in [0.15, 0.2) is 60.8 Å². The third-order valence-corrected chi connectivity index (χ3v) is 11.1. The van der Waals surface area contributed by atoms with E-state index in [1.54, 1.807) is 0 Å². The zero-order chi connectivity index (χ0) is 43.1. The summed E-state index contributed by atoms with van der Waals surface area (Å²) in [6.45, 7) is 6.39. The van der Waals surface area contributed by atoms with Gasteiger partial charge in [-0.2, -0.15) is 0 Å². The average Bonchev–Trinajstić information content (AvgIpc) is 3.23. The van der Waals surface area contributed by atoms with Gasteiger partial charge in [-0.1, -0.05) is 197 Å². The lowest BCUT2D eigenvalue weighted by Crippen LogP contribution is -2.46. The van der Waals surface area contributed by atoms with Crippen LogP contribution in [0.2, 0.25) is 0 Å². The Labute approximate surface area is 365 Å². The summed E-state index contributed by atoms with van der Waals surface area (Å²) in [5.41, 5.74) is 0. The summed E-state index contributed by atoms with van der Waals surface area (Å²) in [6, 6.07) is -0.712. The molecule has 0 saturated heterocycles. The third kappa shape index (κ3) is 42.1. The Bertz CT molecular complexity index is 1060. The van der Waals surface area contributed by atoms with E-state index in [-0.39, 0.29) is 24.9 Å². The molecule has 0 aliphatic heterocycles. The molecule has 0 aliphatic rings. The quantitative estimate of drug-likeness (QED) is 0.0323.